The predicted octanol–water partition coefficient (Wildman–Crippen LogP) is 0.227. The van der Waals surface area contributed by atoms with E-state index in [4.69, 9.17) is 0 Å². The van der Waals surface area contributed by atoms with Crippen LogP contribution in [0.4, 0.5) is 0 Å². The highest BCUT2D eigenvalue weighted by atomic mass is 127. The standard InChI is InChI=1S/C2H2BIO2/c1-2-5-6-3-4/h1,3H. The van der Waals surface area contributed by atoms with E-state index in [1.807, 2.05) is 28.5 Å². The summed E-state index contributed by atoms with van der Waals surface area (Å²) >= 11 is 1.97. The highest BCUT2D eigenvalue weighted by Crippen LogP contribution is 1.77. The molecule has 0 bridgehead atoms. The fourth-order valence-electron chi connectivity index (χ4n) is 0.0563. The molecule has 0 aromatic heterocycles. The number of halogens is 1. The molecule has 0 atom stereocenters. The second-order valence-electron chi connectivity index (χ2n) is 0.428. The second kappa shape index (κ2) is 5.11. The highest BCUT2D eigenvalue weighted by molar-refractivity contribution is 14.1. The van der Waals surface area contributed by atoms with Gasteiger partial charge in [0.25, 0.3) is 0 Å². The second-order valence-corrected chi connectivity index (χ2v) is 1.05. The molecule has 0 saturated carbocycles. The highest BCUT2D eigenvalue weighted by Gasteiger charge is 1.75. The molecular weight excluding hydrogens is 194 g/mol. The molecule has 0 aliphatic carbocycles. The third-order valence-electron chi connectivity index (χ3n) is 0.152. The van der Waals surface area contributed by atoms with Crippen molar-refractivity contribution in [3.63, 3.8) is 0 Å². The third kappa shape index (κ3) is 4.11. The first-order valence-corrected chi connectivity index (χ1v) is 2.74. The molecule has 0 unspecified atom stereocenters. The molecule has 0 rings (SSSR count). The lowest BCUT2D eigenvalue weighted by atomic mass is 10.6. The van der Waals surface area contributed by atoms with E-state index in [9.17, 15) is 0 Å². The van der Waals surface area contributed by atoms with Gasteiger partial charge in [0, 0.05) is 0 Å². The van der Waals surface area contributed by atoms with Crippen LogP contribution in [-0.4, -0.2) is 5.34 Å². The zero-order valence-corrected chi connectivity index (χ0v) is 5.14. The molecule has 0 amide bonds. The third-order valence-corrected chi connectivity index (χ3v) is 0.406. The Kier molecular flexibility index (Phi) is 5.21. The van der Waals surface area contributed by atoms with Crippen molar-refractivity contribution in [3.8, 4) is 12.5 Å². The van der Waals surface area contributed by atoms with E-state index in [2.05, 4.69) is 16.1 Å². The summed E-state index contributed by atoms with van der Waals surface area (Å²) < 4.78 is 0. The van der Waals surface area contributed by atoms with Gasteiger partial charge in [-0.3, -0.25) is 4.89 Å². The van der Waals surface area contributed by atoms with Crippen molar-refractivity contribution in [2.24, 2.45) is 0 Å². The van der Waals surface area contributed by atoms with Crippen molar-refractivity contribution in [1.29, 1.82) is 0 Å². The Morgan fingerprint density at radius 3 is 2.67 bits per heavy atom. The van der Waals surface area contributed by atoms with E-state index in [0.717, 1.165) is 0 Å². The summed E-state index contributed by atoms with van der Waals surface area (Å²) in [6, 6.07) is 0. The average Bonchev–Trinajstić information content (AvgIpc) is 1.61. The molecule has 2 nitrogen and oxygen atoms in total. The SMILES string of the molecule is C#COOBI. The van der Waals surface area contributed by atoms with Gasteiger partial charge in [0.05, 0.1) is 0 Å². The van der Waals surface area contributed by atoms with Crippen molar-refractivity contribution < 1.29 is 9.69 Å². The van der Waals surface area contributed by atoms with Gasteiger partial charge in [-0.1, -0.05) is 6.42 Å². The fourth-order valence-corrected chi connectivity index (χ4v) is 0.183. The maximum absolute atomic E-state index is 4.61. The Morgan fingerprint density at radius 2 is 2.50 bits per heavy atom. The fraction of sp³-hybridized carbons (Fsp3) is 0. The Labute approximate surface area is 50.3 Å². The molecule has 0 heterocycles. The van der Waals surface area contributed by atoms with Crippen LogP contribution >= 0.6 is 22.4 Å². The first-order chi connectivity index (χ1) is 2.91. The Balaban J connectivity index is 2.54. The maximum atomic E-state index is 4.61. The minimum absolute atomic E-state index is 0.460. The zero-order valence-electron chi connectivity index (χ0n) is 2.98. The molecule has 0 aromatic carbocycles. The molecule has 0 saturated heterocycles. The molecule has 0 N–H and O–H groups in total. The van der Waals surface area contributed by atoms with Crippen LogP contribution in [0.5, 0.6) is 0 Å². The predicted molar refractivity (Wildman–Crippen MR) is 32.2 cm³/mol. The summed E-state index contributed by atoms with van der Waals surface area (Å²) in [4.78, 5) is 8.24. The normalized spacial score (nSPS) is 6.00. The quantitative estimate of drug-likeness (QED) is 0.157. The zero-order chi connectivity index (χ0) is 4.83. The molecule has 32 valence electrons. The lowest BCUT2D eigenvalue weighted by molar-refractivity contribution is -0.129. The van der Waals surface area contributed by atoms with Crippen LogP contribution in [0.3, 0.4) is 0 Å². The molecule has 0 aromatic rings. The maximum Gasteiger partial charge on any atom is 0.409 e. The van der Waals surface area contributed by atoms with Gasteiger partial charge in [-0.15, -0.1) is 22.4 Å². The summed E-state index contributed by atoms with van der Waals surface area (Å²) in [5.41, 5.74) is 0. The topological polar surface area (TPSA) is 18.5 Å². The summed E-state index contributed by atoms with van der Waals surface area (Å²) in [6.07, 6.45) is 6.46. The van der Waals surface area contributed by atoms with Gasteiger partial charge in [0.15, 0.2) is 6.11 Å². The smallest absolute Gasteiger partial charge is 0.299 e. The molecule has 0 radical (unpaired) electrons. The van der Waals surface area contributed by atoms with Crippen LogP contribution < -0.4 is 0 Å². The Hall–Kier alpha value is 0.115. The van der Waals surface area contributed by atoms with E-state index in [1.54, 1.807) is 0 Å². The van der Waals surface area contributed by atoms with E-state index in [1.165, 1.54) is 0 Å². The number of hydrogen-bond acceptors (Lipinski definition) is 2. The molecule has 4 heteroatoms. The molecule has 0 spiro atoms. The summed E-state index contributed by atoms with van der Waals surface area (Å²) in [5, 5.41) is 0.460. The lowest BCUT2D eigenvalue weighted by Crippen LogP contribution is -1.84. The van der Waals surface area contributed by atoms with Crippen LogP contribution in [0.2, 0.25) is 0 Å². The van der Waals surface area contributed by atoms with E-state index >= 15 is 0 Å². The van der Waals surface area contributed by atoms with Crippen LogP contribution in [0.1, 0.15) is 0 Å². The Bertz CT molecular complexity index is 59.1. The number of hydrogen-bond donors (Lipinski definition) is 0. The van der Waals surface area contributed by atoms with Gasteiger partial charge in [-0.25, -0.2) is 4.81 Å². The monoisotopic (exact) mass is 196 g/mol. The van der Waals surface area contributed by atoms with E-state index in [0.29, 0.717) is 5.34 Å². The van der Waals surface area contributed by atoms with Crippen LogP contribution in [-0.2, 0) is 9.69 Å². The molecule has 6 heavy (non-hydrogen) atoms. The minimum atomic E-state index is 0.460. The Morgan fingerprint density at radius 1 is 1.83 bits per heavy atom. The number of terminal acetylenes is 1. The van der Waals surface area contributed by atoms with Gasteiger partial charge in [0.1, 0.15) is 0 Å². The van der Waals surface area contributed by atoms with Crippen molar-refractivity contribution in [2.75, 3.05) is 0 Å². The molecule has 0 aliphatic rings. The summed E-state index contributed by atoms with van der Waals surface area (Å²) in [5.74, 6) is 0. The first kappa shape index (κ1) is 6.11. The lowest BCUT2D eigenvalue weighted by Gasteiger charge is -1.84. The van der Waals surface area contributed by atoms with Crippen molar-refractivity contribution >= 4 is 27.7 Å². The van der Waals surface area contributed by atoms with Gasteiger partial charge in [0.2, 0.25) is 0 Å². The van der Waals surface area contributed by atoms with Gasteiger partial charge in [-0.05, 0) is 0 Å². The van der Waals surface area contributed by atoms with E-state index in [-0.39, 0.29) is 0 Å². The largest absolute Gasteiger partial charge is 0.409 e. The van der Waals surface area contributed by atoms with Crippen molar-refractivity contribution in [2.45, 2.75) is 0 Å². The van der Waals surface area contributed by atoms with Gasteiger partial charge >= 0.3 is 5.34 Å². The minimum Gasteiger partial charge on any atom is -0.299 e. The van der Waals surface area contributed by atoms with Gasteiger partial charge < -0.3 is 0 Å². The average molecular weight is 196 g/mol. The van der Waals surface area contributed by atoms with E-state index < -0.39 is 0 Å². The molecular formula is C2H2BIO2. The molecule has 0 aliphatic heterocycles. The van der Waals surface area contributed by atoms with Gasteiger partial charge in [-0.2, -0.15) is 0 Å². The van der Waals surface area contributed by atoms with Crippen LogP contribution in [0.25, 0.3) is 0 Å². The first-order valence-electron chi connectivity index (χ1n) is 1.22. The van der Waals surface area contributed by atoms with Crippen LogP contribution in [0.15, 0.2) is 0 Å². The molecule has 0 fully saturated rings. The number of rotatable bonds is 2. The van der Waals surface area contributed by atoms with Crippen molar-refractivity contribution in [3.05, 3.63) is 0 Å². The van der Waals surface area contributed by atoms with Crippen LogP contribution in [0, 0.1) is 12.5 Å². The summed E-state index contributed by atoms with van der Waals surface area (Å²) in [6.45, 7) is 0. The summed E-state index contributed by atoms with van der Waals surface area (Å²) in [7, 11) is 0. The van der Waals surface area contributed by atoms with Crippen molar-refractivity contribution in [1.82, 2.24) is 0 Å².